The summed E-state index contributed by atoms with van der Waals surface area (Å²) in [7, 11) is 0. The third-order valence-electron chi connectivity index (χ3n) is 5.72. The molecule has 0 bridgehead atoms. The number of nitrogens with two attached hydrogens (primary N) is 1. The van der Waals surface area contributed by atoms with Crippen LogP contribution in [0.2, 0.25) is 0 Å². The molecule has 0 aromatic heterocycles. The number of hydrogen-bond donors (Lipinski definition) is 3. The molecule has 0 fully saturated rings. The van der Waals surface area contributed by atoms with Crippen molar-refractivity contribution in [3.05, 3.63) is 95.1 Å². The molecule has 3 aromatic rings. The fraction of sp³-hybridized carbons (Fsp3) is 0.148. The lowest BCUT2D eigenvalue weighted by Crippen LogP contribution is -2.37. The summed E-state index contributed by atoms with van der Waals surface area (Å²) in [6.07, 6.45) is 1.63. The van der Waals surface area contributed by atoms with Crippen LogP contribution in [-0.2, 0) is 22.6 Å². The molecule has 9 heteroatoms. The number of rotatable bonds is 8. The predicted octanol–water partition coefficient (Wildman–Crippen LogP) is 3.36. The molecule has 1 heterocycles. The Bertz CT molecular complexity index is 1330. The number of carbonyl (C=O) groups excluding carboxylic acids is 2. The fourth-order valence-corrected chi connectivity index (χ4v) is 3.91. The van der Waals surface area contributed by atoms with E-state index in [1.807, 2.05) is 30.3 Å². The first-order chi connectivity index (χ1) is 17.4. The summed E-state index contributed by atoms with van der Waals surface area (Å²) in [5.41, 5.74) is 4.03. The molecule has 182 valence electrons. The van der Waals surface area contributed by atoms with Gasteiger partial charge in [0.15, 0.2) is 0 Å². The van der Waals surface area contributed by atoms with E-state index in [1.54, 1.807) is 47.4 Å². The van der Waals surface area contributed by atoms with Crippen LogP contribution in [0.25, 0.3) is 0 Å². The number of amides is 2. The van der Waals surface area contributed by atoms with Gasteiger partial charge in [-0.15, -0.1) is 0 Å². The van der Waals surface area contributed by atoms with Crippen molar-refractivity contribution in [1.82, 2.24) is 4.90 Å². The second-order valence-electron chi connectivity index (χ2n) is 8.29. The van der Waals surface area contributed by atoms with Gasteiger partial charge in [0.05, 0.1) is 18.3 Å². The van der Waals surface area contributed by atoms with Gasteiger partial charge in [-0.25, -0.2) is 4.99 Å². The number of aliphatic imine (C=N–C) groups is 1. The highest BCUT2D eigenvalue weighted by molar-refractivity contribution is 6.42. The van der Waals surface area contributed by atoms with Gasteiger partial charge in [-0.2, -0.15) is 5.10 Å². The third-order valence-corrected chi connectivity index (χ3v) is 5.72. The molecule has 0 spiro atoms. The molecule has 9 nitrogen and oxygen atoms in total. The Morgan fingerprint density at radius 2 is 1.83 bits per heavy atom. The van der Waals surface area contributed by atoms with E-state index >= 15 is 0 Å². The topological polar surface area (TPSA) is 137 Å². The van der Waals surface area contributed by atoms with E-state index in [9.17, 15) is 19.5 Å². The van der Waals surface area contributed by atoms with Gasteiger partial charge in [0.1, 0.15) is 5.71 Å². The van der Waals surface area contributed by atoms with Crippen molar-refractivity contribution >= 4 is 41.1 Å². The van der Waals surface area contributed by atoms with Crippen LogP contribution in [0.3, 0.4) is 0 Å². The third kappa shape index (κ3) is 6.01. The van der Waals surface area contributed by atoms with Crippen LogP contribution in [0.1, 0.15) is 33.5 Å². The number of aliphatic carboxylic acids is 1. The van der Waals surface area contributed by atoms with E-state index in [0.717, 1.165) is 11.1 Å². The van der Waals surface area contributed by atoms with Crippen LogP contribution in [-0.4, -0.2) is 46.3 Å². The first-order valence-corrected chi connectivity index (χ1v) is 11.3. The molecule has 2 amide bonds. The van der Waals surface area contributed by atoms with Crippen molar-refractivity contribution in [2.75, 3.05) is 11.9 Å². The number of nitrogens with one attached hydrogen (secondary N) is 1. The lowest BCUT2D eigenvalue weighted by Gasteiger charge is -2.22. The molecule has 3 aromatic carbocycles. The molecule has 0 atom stereocenters. The summed E-state index contributed by atoms with van der Waals surface area (Å²) < 4.78 is 0. The van der Waals surface area contributed by atoms with Crippen molar-refractivity contribution in [3.8, 4) is 0 Å². The highest BCUT2D eigenvalue weighted by atomic mass is 16.4. The van der Waals surface area contributed by atoms with Crippen LogP contribution < -0.4 is 11.2 Å². The number of hydrazone groups is 1. The standard InChI is InChI=1S/C27H25N5O4/c28-29-16-19-6-8-20(9-7-19)26(35)30-22-10-11-23-21(14-22)17-32(13-12-18-4-2-1-3-5-18)27(36)24(31-23)15-25(33)34/h1-11,14,16H,12-13,15,17,28H2,(H,30,35)(H,33,34). The Morgan fingerprint density at radius 3 is 2.53 bits per heavy atom. The molecular formula is C27H25N5O4. The number of anilines is 1. The maximum Gasteiger partial charge on any atom is 0.309 e. The zero-order chi connectivity index (χ0) is 25.5. The molecular weight excluding hydrogens is 458 g/mol. The number of carboxylic acids is 1. The first-order valence-electron chi connectivity index (χ1n) is 11.3. The summed E-state index contributed by atoms with van der Waals surface area (Å²) in [5.74, 6) is 3.32. The van der Waals surface area contributed by atoms with Crippen LogP contribution in [0.5, 0.6) is 0 Å². The number of hydrogen-bond acceptors (Lipinski definition) is 6. The van der Waals surface area contributed by atoms with Crippen LogP contribution in [0, 0.1) is 0 Å². The van der Waals surface area contributed by atoms with Crippen molar-refractivity contribution in [3.63, 3.8) is 0 Å². The number of nitrogens with zero attached hydrogens (tertiary/aromatic N) is 3. The average molecular weight is 484 g/mol. The normalized spacial score (nSPS) is 13.2. The van der Waals surface area contributed by atoms with E-state index in [2.05, 4.69) is 15.4 Å². The maximum atomic E-state index is 13.1. The minimum Gasteiger partial charge on any atom is -0.481 e. The van der Waals surface area contributed by atoms with Gasteiger partial charge in [-0.1, -0.05) is 42.5 Å². The van der Waals surface area contributed by atoms with Crippen LogP contribution in [0.15, 0.2) is 82.9 Å². The molecule has 0 aliphatic carbocycles. The van der Waals surface area contributed by atoms with E-state index in [1.165, 1.54) is 6.21 Å². The lowest BCUT2D eigenvalue weighted by molar-refractivity contribution is -0.136. The highest BCUT2D eigenvalue weighted by Crippen LogP contribution is 2.28. The van der Waals surface area contributed by atoms with Gasteiger partial charge in [0.2, 0.25) is 0 Å². The molecule has 1 aliphatic heterocycles. The quantitative estimate of drug-likeness (QED) is 0.256. The molecule has 1 aliphatic rings. The Hall–Kier alpha value is -4.79. The van der Waals surface area contributed by atoms with Gasteiger partial charge in [-0.3, -0.25) is 14.4 Å². The number of carboxylic acid groups (broad SMARTS) is 1. The zero-order valence-corrected chi connectivity index (χ0v) is 19.4. The lowest BCUT2D eigenvalue weighted by atomic mass is 10.1. The maximum absolute atomic E-state index is 13.1. The average Bonchev–Trinajstić information content (AvgIpc) is 3.00. The SMILES string of the molecule is NN=Cc1ccc(C(=O)Nc2ccc3c(c2)CN(CCc2ccccc2)C(=O)C(CC(=O)O)=N3)cc1. The van der Waals surface area contributed by atoms with Crippen LogP contribution in [0.4, 0.5) is 11.4 Å². The van der Waals surface area contributed by atoms with Crippen LogP contribution >= 0.6 is 0 Å². The Morgan fingerprint density at radius 1 is 1.08 bits per heavy atom. The monoisotopic (exact) mass is 483 g/mol. The molecule has 0 unspecified atom stereocenters. The molecule has 0 saturated carbocycles. The number of fused-ring (bicyclic) bond motifs is 1. The van der Waals surface area contributed by atoms with E-state index < -0.39 is 18.3 Å². The largest absolute Gasteiger partial charge is 0.481 e. The first kappa shape index (κ1) is 24.3. The van der Waals surface area contributed by atoms with Gasteiger partial charge in [0.25, 0.3) is 11.8 Å². The summed E-state index contributed by atoms with van der Waals surface area (Å²) in [6.45, 7) is 0.639. The smallest absolute Gasteiger partial charge is 0.309 e. The van der Waals surface area contributed by atoms with Gasteiger partial charge >= 0.3 is 5.97 Å². The van der Waals surface area contributed by atoms with Gasteiger partial charge in [0, 0.05) is 24.3 Å². The van der Waals surface area contributed by atoms with Crippen molar-refractivity contribution in [1.29, 1.82) is 0 Å². The number of carbonyl (C=O) groups is 3. The second-order valence-corrected chi connectivity index (χ2v) is 8.29. The minimum atomic E-state index is -1.12. The molecule has 36 heavy (non-hydrogen) atoms. The molecule has 4 rings (SSSR count). The highest BCUT2D eigenvalue weighted by Gasteiger charge is 2.26. The Kier molecular flexibility index (Phi) is 7.50. The molecule has 4 N–H and O–H groups in total. The van der Waals surface area contributed by atoms with E-state index in [4.69, 9.17) is 5.84 Å². The molecule has 0 radical (unpaired) electrons. The van der Waals surface area contributed by atoms with Crippen molar-refractivity contribution in [2.45, 2.75) is 19.4 Å². The molecule has 0 saturated heterocycles. The Balaban J connectivity index is 1.57. The summed E-state index contributed by atoms with van der Waals surface area (Å²) in [5, 5.41) is 15.6. The zero-order valence-electron chi connectivity index (χ0n) is 19.4. The van der Waals surface area contributed by atoms with E-state index in [0.29, 0.717) is 35.5 Å². The van der Waals surface area contributed by atoms with Gasteiger partial charge in [-0.05, 0) is 53.4 Å². The number of benzene rings is 3. The van der Waals surface area contributed by atoms with Gasteiger partial charge < -0.3 is 21.2 Å². The predicted molar refractivity (Wildman–Crippen MR) is 138 cm³/mol. The van der Waals surface area contributed by atoms with Crippen molar-refractivity contribution in [2.24, 2.45) is 15.9 Å². The summed E-state index contributed by atoms with van der Waals surface area (Å²) in [4.78, 5) is 43.2. The summed E-state index contributed by atoms with van der Waals surface area (Å²) >= 11 is 0. The Labute approximate surface area is 208 Å². The van der Waals surface area contributed by atoms with Crippen molar-refractivity contribution < 1.29 is 19.5 Å². The fourth-order valence-electron chi connectivity index (χ4n) is 3.91. The minimum absolute atomic E-state index is 0.0211. The van der Waals surface area contributed by atoms with E-state index in [-0.39, 0.29) is 18.2 Å². The second kappa shape index (κ2) is 11.1. The summed E-state index contributed by atoms with van der Waals surface area (Å²) in [6, 6.07) is 21.7.